The Kier molecular flexibility index (Phi) is 3.61. The van der Waals surface area contributed by atoms with Crippen LogP contribution < -0.4 is 5.32 Å². The number of anilines is 2. The molecule has 0 heterocycles. The summed E-state index contributed by atoms with van der Waals surface area (Å²) in [6.07, 6.45) is 0. The van der Waals surface area contributed by atoms with Crippen molar-refractivity contribution in [2.45, 2.75) is 0 Å². The number of hydrogen-bond acceptors (Lipinski definition) is 3. The van der Waals surface area contributed by atoms with Crippen LogP contribution in [0.25, 0.3) is 0 Å². The van der Waals surface area contributed by atoms with Crippen LogP contribution in [0.15, 0.2) is 47.6 Å². The Bertz CT molecular complexity index is 541. The van der Waals surface area contributed by atoms with Crippen molar-refractivity contribution in [3.63, 3.8) is 0 Å². The van der Waals surface area contributed by atoms with Gasteiger partial charge in [0.15, 0.2) is 0 Å². The molecule has 0 saturated heterocycles. The molecule has 0 saturated carbocycles. The third kappa shape index (κ3) is 2.96. The van der Waals surface area contributed by atoms with E-state index in [1.807, 2.05) is 12.1 Å². The molecule has 0 bridgehead atoms. The minimum Gasteiger partial charge on any atom is -0.354 e. The summed E-state index contributed by atoms with van der Waals surface area (Å²) in [6.45, 7) is 0. The van der Waals surface area contributed by atoms with E-state index in [-0.39, 0.29) is 5.69 Å². The van der Waals surface area contributed by atoms with Gasteiger partial charge in [0.25, 0.3) is 0 Å². The van der Waals surface area contributed by atoms with Crippen LogP contribution in [0.1, 0.15) is 0 Å². The van der Waals surface area contributed by atoms with Gasteiger partial charge >= 0.3 is 0 Å². The van der Waals surface area contributed by atoms with E-state index < -0.39 is 0 Å². The van der Waals surface area contributed by atoms with Crippen LogP contribution >= 0.6 is 23.2 Å². The highest BCUT2D eigenvalue weighted by atomic mass is 35.5. The molecule has 0 aliphatic heterocycles. The zero-order valence-electron chi connectivity index (χ0n) is 8.65. The van der Waals surface area contributed by atoms with E-state index in [1.165, 1.54) is 6.07 Å². The maximum Gasteiger partial charge on any atom is 0.132 e. The van der Waals surface area contributed by atoms with E-state index in [9.17, 15) is 4.91 Å². The van der Waals surface area contributed by atoms with Crippen LogP contribution in [-0.2, 0) is 0 Å². The number of halogens is 2. The zero-order valence-corrected chi connectivity index (χ0v) is 10.2. The van der Waals surface area contributed by atoms with Crippen molar-refractivity contribution < 1.29 is 0 Å². The summed E-state index contributed by atoms with van der Waals surface area (Å²) < 4.78 is 0. The number of hydrogen-bond donors (Lipinski definition) is 1. The van der Waals surface area contributed by atoms with Crippen molar-refractivity contribution in [1.82, 2.24) is 0 Å². The molecule has 2 aromatic carbocycles. The van der Waals surface area contributed by atoms with Crippen molar-refractivity contribution >= 4 is 40.3 Å². The Labute approximate surface area is 108 Å². The van der Waals surface area contributed by atoms with Gasteiger partial charge in [-0.2, -0.15) is 0 Å². The van der Waals surface area contributed by atoms with E-state index in [2.05, 4.69) is 10.5 Å². The lowest BCUT2D eigenvalue weighted by atomic mass is 10.2. The minimum absolute atomic E-state index is 0.271. The summed E-state index contributed by atoms with van der Waals surface area (Å²) >= 11 is 11.6. The Morgan fingerprint density at radius 3 is 2.24 bits per heavy atom. The molecule has 3 nitrogen and oxygen atoms in total. The summed E-state index contributed by atoms with van der Waals surface area (Å²) in [5.41, 5.74) is 1.70. The van der Waals surface area contributed by atoms with Crippen molar-refractivity contribution in [3.05, 3.63) is 57.4 Å². The predicted molar refractivity (Wildman–Crippen MR) is 71.6 cm³/mol. The van der Waals surface area contributed by atoms with Crippen molar-refractivity contribution in [2.24, 2.45) is 5.18 Å². The summed E-state index contributed by atoms with van der Waals surface area (Å²) in [5.74, 6) is 0. The summed E-state index contributed by atoms with van der Waals surface area (Å²) in [7, 11) is 0. The lowest BCUT2D eigenvalue weighted by Crippen LogP contribution is -1.90. The Hall–Kier alpha value is -1.58. The molecule has 0 amide bonds. The zero-order chi connectivity index (χ0) is 12.3. The average molecular weight is 267 g/mol. The molecule has 2 rings (SSSR count). The fourth-order valence-electron chi connectivity index (χ4n) is 1.37. The van der Waals surface area contributed by atoms with Crippen molar-refractivity contribution in [1.29, 1.82) is 0 Å². The van der Waals surface area contributed by atoms with Crippen LogP contribution in [-0.4, -0.2) is 0 Å². The molecular weight excluding hydrogens is 259 g/mol. The molecular formula is C12H8Cl2N2O. The molecule has 0 atom stereocenters. The number of nitrogens with one attached hydrogen (secondary N) is 1. The second-order valence-electron chi connectivity index (χ2n) is 3.38. The lowest BCUT2D eigenvalue weighted by Gasteiger charge is -2.08. The molecule has 0 fully saturated rings. The first-order valence-electron chi connectivity index (χ1n) is 4.84. The smallest absolute Gasteiger partial charge is 0.132 e. The van der Waals surface area contributed by atoms with Gasteiger partial charge in [0.2, 0.25) is 0 Å². The van der Waals surface area contributed by atoms with Crippen LogP contribution in [0.2, 0.25) is 10.0 Å². The van der Waals surface area contributed by atoms with E-state index >= 15 is 0 Å². The molecule has 0 aromatic heterocycles. The highest BCUT2D eigenvalue weighted by Crippen LogP contribution is 2.30. The fraction of sp³-hybridized carbons (Fsp3) is 0. The second-order valence-corrected chi connectivity index (χ2v) is 4.26. The lowest BCUT2D eigenvalue weighted by molar-refractivity contribution is 1.46. The van der Waals surface area contributed by atoms with E-state index in [0.717, 1.165) is 5.69 Å². The van der Waals surface area contributed by atoms with Gasteiger partial charge in [0, 0.05) is 15.7 Å². The van der Waals surface area contributed by atoms with Crippen molar-refractivity contribution in [3.8, 4) is 0 Å². The van der Waals surface area contributed by atoms with Gasteiger partial charge in [-0.3, -0.25) is 0 Å². The molecule has 17 heavy (non-hydrogen) atoms. The van der Waals surface area contributed by atoms with Gasteiger partial charge < -0.3 is 5.32 Å². The van der Waals surface area contributed by atoms with Gasteiger partial charge in [0.1, 0.15) is 5.69 Å². The third-order valence-electron chi connectivity index (χ3n) is 2.18. The largest absolute Gasteiger partial charge is 0.354 e. The Morgan fingerprint density at radius 2 is 1.59 bits per heavy atom. The topological polar surface area (TPSA) is 41.5 Å². The summed E-state index contributed by atoms with van der Waals surface area (Å²) in [5, 5.41) is 7.12. The summed E-state index contributed by atoms with van der Waals surface area (Å²) in [4.78, 5) is 10.7. The van der Waals surface area contributed by atoms with Crippen LogP contribution in [0, 0.1) is 4.91 Å². The molecule has 0 aliphatic rings. The molecule has 0 unspecified atom stereocenters. The molecule has 0 spiro atoms. The van der Waals surface area contributed by atoms with Gasteiger partial charge in [-0.1, -0.05) is 23.2 Å². The SMILES string of the molecule is O=Nc1cc(Cl)ccc1Nc1ccc(Cl)cc1. The Balaban J connectivity index is 2.29. The van der Waals surface area contributed by atoms with Gasteiger partial charge in [-0.25, -0.2) is 0 Å². The normalized spacial score (nSPS) is 10.0. The number of nitroso groups, excluding NO2 is 1. The summed E-state index contributed by atoms with van der Waals surface area (Å²) in [6, 6.07) is 12.0. The van der Waals surface area contributed by atoms with Gasteiger partial charge in [-0.15, -0.1) is 4.91 Å². The molecule has 86 valence electrons. The Morgan fingerprint density at radius 1 is 0.941 bits per heavy atom. The van der Waals surface area contributed by atoms with Crippen molar-refractivity contribution in [2.75, 3.05) is 5.32 Å². The highest BCUT2D eigenvalue weighted by molar-refractivity contribution is 6.31. The monoisotopic (exact) mass is 266 g/mol. The third-order valence-corrected chi connectivity index (χ3v) is 2.67. The van der Waals surface area contributed by atoms with Gasteiger partial charge in [-0.05, 0) is 47.6 Å². The highest BCUT2D eigenvalue weighted by Gasteiger charge is 2.04. The fourth-order valence-corrected chi connectivity index (χ4v) is 1.67. The average Bonchev–Trinajstić information content (AvgIpc) is 2.34. The second kappa shape index (κ2) is 5.17. The predicted octanol–water partition coefficient (Wildman–Crippen LogP) is 5.13. The molecule has 1 N–H and O–H groups in total. The first-order valence-corrected chi connectivity index (χ1v) is 5.60. The molecule has 0 radical (unpaired) electrons. The minimum atomic E-state index is 0.271. The van der Waals surface area contributed by atoms with Crippen LogP contribution in [0.5, 0.6) is 0 Å². The maximum atomic E-state index is 10.7. The van der Waals surface area contributed by atoms with Crippen LogP contribution in [0.4, 0.5) is 17.1 Å². The number of rotatable bonds is 3. The quantitative estimate of drug-likeness (QED) is 0.782. The maximum absolute atomic E-state index is 10.7. The van der Waals surface area contributed by atoms with E-state index in [1.54, 1.807) is 24.3 Å². The van der Waals surface area contributed by atoms with E-state index in [0.29, 0.717) is 15.7 Å². The number of nitrogens with zero attached hydrogens (tertiary/aromatic N) is 1. The molecule has 0 aliphatic carbocycles. The molecule has 5 heteroatoms. The first kappa shape index (κ1) is 11.9. The van der Waals surface area contributed by atoms with Crippen LogP contribution in [0.3, 0.4) is 0 Å². The van der Waals surface area contributed by atoms with Gasteiger partial charge in [0.05, 0.1) is 5.69 Å². The first-order chi connectivity index (χ1) is 8.19. The number of benzene rings is 2. The van der Waals surface area contributed by atoms with E-state index in [4.69, 9.17) is 23.2 Å². The standard InChI is InChI=1S/C12H8Cl2N2O/c13-8-1-4-10(5-2-8)15-11-6-3-9(14)7-12(11)16-17/h1-7,15H. The molecule has 2 aromatic rings.